The molecule has 118 valence electrons. The molecule has 3 rings (SSSR count). The van der Waals surface area contributed by atoms with Crippen LogP contribution in [0, 0.1) is 0 Å². The van der Waals surface area contributed by atoms with Crippen LogP contribution in [0.2, 0.25) is 5.02 Å². The highest BCUT2D eigenvalue weighted by molar-refractivity contribution is 6.36. The van der Waals surface area contributed by atoms with Gasteiger partial charge < -0.3 is 14.4 Å². The maximum absolute atomic E-state index is 12.5. The Labute approximate surface area is 139 Å². The summed E-state index contributed by atoms with van der Waals surface area (Å²) < 4.78 is 10.5. The first kappa shape index (κ1) is 15.4. The Morgan fingerprint density at radius 3 is 2.57 bits per heavy atom. The lowest BCUT2D eigenvalue weighted by Gasteiger charge is -2.10. The number of halogens is 1. The van der Waals surface area contributed by atoms with Crippen LogP contribution in [0.1, 0.15) is 11.1 Å². The van der Waals surface area contributed by atoms with Crippen molar-refractivity contribution in [2.45, 2.75) is 0 Å². The lowest BCUT2D eigenvalue weighted by Crippen LogP contribution is -2.20. The lowest BCUT2D eigenvalue weighted by atomic mass is 10.0. The van der Waals surface area contributed by atoms with Crippen LogP contribution < -0.4 is 14.4 Å². The van der Waals surface area contributed by atoms with Gasteiger partial charge in [0.15, 0.2) is 11.5 Å². The number of methoxy groups -OCH3 is 2. The van der Waals surface area contributed by atoms with Gasteiger partial charge in [0.2, 0.25) is 0 Å². The zero-order valence-electron chi connectivity index (χ0n) is 13.1. The first-order valence-corrected chi connectivity index (χ1v) is 7.45. The number of para-hydroxylation sites is 1. The van der Waals surface area contributed by atoms with E-state index in [0.717, 1.165) is 16.8 Å². The SMILES string of the molecule is COc1cc(C=C2C(=O)N(C)c3ccccc32)cc(Cl)c1OC. The van der Waals surface area contributed by atoms with Gasteiger partial charge in [0, 0.05) is 18.2 Å². The van der Waals surface area contributed by atoms with Crippen molar-refractivity contribution >= 4 is 34.8 Å². The lowest BCUT2D eigenvalue weighted by molar-refractivity contribution is -0.112. The van der Waals surface area contributed by atoms with Crippen molar-refractivity contribution < 1.29 is 14.3 Å². The number of anilines is 1. The average Bonchev–Trinajstić information content (AvgIpc) is 2.80. The van der Waals surface area contributed by atoms with Crippen molar-refractivity contribution in [2.75, 3.05) is 26.2 Å². The number of fused-ring (bicyclic) bond motifs is 1. The smallest absolute Gasteiger partial charge is 0.258 e. The maximum Gasteiger partial charge on any atom is 0.258 e. The monoisotopic (exact) mass is 329 g/mol. The third-order valence-electron chi connectivity index (χ3n) is 3.86. The van der Waals surface area contributed by atoms with Gasteiger partial charge in [0.1, 0.15) is 0 Å². The molecule has 1 aliphatic heterocycles. The van der Waals surface area contributed by atoms with E-state index in [9.17, 15) is 4.79 Å². The van der Waals surface area contributed by atoms with Crippen LogP contribution in [0.5, 0.6) is 11.5 Å². The van der Waals surface area contributed by atoms with Gasteiger partial charge >= 0.3 is 0 Å². The van der Waals surface area contributed by atoms with Crippen LogP contribution in [0.15, 0.2) is 36.4 Å². The molecule has 0 radical (unpaired) electrons. The fraction of sp³-hybridized carbons (Fsp3) is 0.167. The molecule has 2 aromatic carbocycles. The Morgan fingerprint density at radius 1 is 1.13 bits per heavy atom. The van der Waals surface area contributed by atoms with E-state index in [-0.39, 0.29) is 5.91 Å². The molecule has 1 aliphatic rings. The number of carbonyl (C=O) groups excluding carboxylic acids is 1. The Balaban J connectivity index is 2.12. The molecule has 1 amide bonds. The average molecular weight is 330 g/mol. The number of hydrogen-bond acceptors (Lipinski definition) is 3. The maximum atomic E-state index is 12.5. The van der Waals surface area contributed by atoms with Crippen LogP contribution in [0.4, 0.5) is 5.69 Å². The van der Waals surface area contributed by atoms with E-state index in [1.165, 1.54) is 7.11 Å². The van der Waals surface area contributed by atoms with E-state index < -0.39 is 0 Å². The number of likely N-dealkylation sites (N-methyl/N-ethyl adjacent to an activating group) is 1. The number of ether oxygens (including phenoxy) is 2. The largest absolute Gasteiger partial charge is 0.493 e. The minimum Gasteiger partial charge on any atom is -0.493 e. The highest BCUT2D eigenvalue weighted by Gasteiger charge is 2.29. The highest BCUT2D eigenvalue weighted by atomic mass is 35.5. The number of carbonyl (C=O) groups is 1. The van der Waals surface area contributed by atoms with Crippen molar-refractivity contribution in [3.8, 4) is 11.5 Å². The standard InChI is InChI=1S/C18H16ClNO3/c1-20-15-7-5-4-6-12(15)13(18(20)21)8-11-9-14(19)17(23-3)16(10-11)22-2/h4-10H,1-3H3. The zero-order valence-corrected chi connectivity index (χ0v) is 13.8. The predicted molar refractivity (Wildman–Crippen MR) is 92.3 cm³/mol. The van der Waals surface area contributed by atoms with Crippen molar-refractivity contribution in [3.63, 3.8) is 0 Å². The summed E-state index contributed by atoms with van der Waals surface area (Å²) in [5.41, 5.74) is 3.22. The number of benzene rings is 2. The van der Waals surface area contributed by atoms with E-state index >= 15 is 0 Å². The number of hydrogen-bond donors (Lipinski definition) is 0. The first-order chi connectivity index (χ1) is 11.1. The van der Waals surface area contributed by atoms with Gasteiger partial charge in [-0.2, -0.15) is 0 Å². The quantitative estimate of drug-likeness (QED) is 0.802. The first-order valence-electron chi connectivity index (χ1n) is 7.07. The van der Waals surface area contributed by atoms with E-state index in [1.807, 2.05) is 30.3 Å². The Hall–Kier alpha value is -2.46. The molecule has 5 heteroatoms. The predicted octanol–water partition coefficient (Wildman–Crippen LogP) is 3.87. The third-order valence-corrected chi connectivity index (χ3v) is 4.14. The molecule has 0 unspecified atom stereocenters. The Bertz CT molecular complexity index is 814. The molecule has 2 aromatic rings. The molecule has 0 spiro atoms. The summed E-state index contributed by atoms with van der Waals surface area (Å²) in [5.74, 6) is 0.961. The minimum atomic E-state index is -0.0443. The van der Waals surface area contributed by atoms with E-state index in [1.54, 1.807) is 31.2 Å². The molecule has 4 nitrogen and oxygen atoms in total. The topological polar surface area (TPSA) is 38.8 Å². The van der Waals surface area contributed by atoms with Crippen LogP contribution >= 0.6 is 11.6 Å². The third kappa shape index (κ3) is 2.55. The summed E-state index contributed by atoms with van der Waals surface area (Å²) in [6, 6.07) is 11.2. The van der Waals surface area contributed by atoms with Crippen LogP contribution in [-0.2, 0) is 4.79 Å². The second-order valence-electron chi connectivity index (χ2n) is 5.18. The van der Waals surface area contributed by atoms with Gasteiger partial charge in [-0.1, -0.05) is 29.8 Å². The minimum absolute atomic E-state index is 0.0443. The number of nitrogens with zero attached hydrogens (tertiary/aromatic N) is 1. The summed E-state index contributed by atoms with van der Waals surface area (Å²) in [7, 11) is 4.85. The molecule has 0 N–H and O–H groups in total. The van der Waals surface area contributed by atoms with Crippen LogP contribution in [-0.4, -0.2) is 27.2 Å². The van der Waals surface area contributed by atoms with Crippen molar-refractivity contribution in [3.05, 3.63) is 52.5 Å². The van der Waals surface area contributed by atoms with Crippen molar-refractivity contribution in [1.82, 2.24) is 0 Å². The van der Waals surface area contributed by atoms with E-state index in [0.29, 0.717) is 22.1 Å². The zero-order chi connectivity index (χ0) is 16.6. The fourth-order valence-corrected chi connectivity index (χ4v) is 3.02. The Morgan fingerprint density at radius 2 is 1.87 bits per heavy atom. The number of rotatable bonds is 3. The molecule has 0 aliphatic carbocycles. The summed E-state index contributed by atoms with van der Waals surface area (Å²) in [5, 5.41) is 0.436. The summed E-state index contributed by atoms with van der Waals surface area (Å²) in [6.45, 7) is 0. The molecule has 0 bridgehead atoms. The fourth-order valence-electron chi connectivity index (χ4n) is 2.73. The second-order valence-corrected chi connectivity index (χ2v) is 5.58. The summed E-state index contributed by atoms with van der Waals surface area (Å²) in [4.78, 5) is 14.1. The second kappa shape index (κ2) is 5.97. The van der Waals surface area contributed by atoms with E-state index in [4.69, 9.17) is 21.1 Å². The molecule has 0 aromatic heterocycles. The van der Waals surface area contributed by atoms with Crippen molar-refractivity contribution in [2.24, 2.45) is 0 Å². The molecule has 23 heavy (non-hydrogen) atoms. The van der Waals surface area contributed by atoms with Crippen molar-refractivity contribution in [1.29, 1.82) is 0 Å². The number of amides is 1. The van der Waals surface area contributed by atoms with Crippen LogP contribution in [0.3, 0.4) is 0 Å². The Kier molecular flexibility index (Phi) is 4.01. The van der Waals surface area contributed by atoms with Gasteiger partial charge in [-0.3, -0.25) is 4.79 Å². The van der Waals surface area contributed by atoms with Gasteiger partial charge in [0.25, 0.3) is 5.91 Å². The molecular formula is C18H16ClNO3. The van der Waals surface area contributed by atoms with Gasteiger partial charge in [-0.25, -0.2) is 0 Å². The summed E-state index contributed by atoms with van der Waals surface area (Å²) >= 11 is 6.23. The molecule has 0 saturated heterocycles. The van der Waals surface area contributed by atoms with E-state index in [2.05, 4.69) is 0 Å². The highest BCUT2D eigenvalue weighted by Crippen LogP contribution is 2.40. The molecular weight excluding hydrogens is 314 g/mol. The molecule has 1 heterocycles. The van der Waals surface area contributed by atoms with Crippen LogP contribution in [0.25, 0.3) is 11.6 Å². The molecule has 0 fully saturated rings. The summed E-state index contributed by atoms with van der Waals surface area (Å²) in [6.07, 6.45) is 1.82. The van der Waals surface area contributed by atoms with Gasteiger partial charge in [-0.05, 0) is 29.8 Å². The molecule has 0 saturated carbocycles. The normalized spacial score (nSPS) is 15.0. The van der Waals surface area contributed by atoms with Gasteiger partial charge in [0.05, 0.1) is 24.9 Å². The molecule has 0 atom stereocenters. The van der Waals surface area contributed by atoms with Gasteiger partial charge in [-0.15, -0.1) is 0 Å².